The second-order valence-electron chi connectivity index (χ2n) is 15.3. The van der Waals surface area contributed by atoms with Gasteiger partial charge in [-0.15, -0.1) is 0 Å². The number of phenolic OH excluding ortho intramolecular Hbond substituents is 1. The molecular weight excluding hydrogens is 641 g/mol. The molecule has 4 amide bonds. The molecule has 11 nitrogen and oxygen atoms in total. The Morgan fingerprint density at radius 2 is 1.65 bits per heavy atom. The van der Waals surface area contributed by atoms with Gasteiger partial charge in [-0.1, -0.05) is 59.2 Å². The lowest BCUT2D eigenvalue weighted by atomic mass is 9.97. The molecule has 2 aromatic carbocycles. The predicted molar refractivity (Wildman–Crippen MR) is 193 cm³/mol. The number of nitrogens with zero attached hydrogens (tertiary/aromatic N) is 2. The van der Waals surface area contributed by atoms with E-state index < -0.39 is 32.7 Å². The first kappa shape index (κ1) is 37.7. The van der Waals surface area contributed by atoms with Crippen LogP contribution < -0.4 is 15.5 Å². The number of aryl methyl sites for hydroxylation is 1. The highest BCUT2D eigenvalue weighted by Crippen LogP contribution is 2.44. The van der Waals surface area contributed by atoms with Crippen molar-refractivity contribution in [3.8, 4) is 5.75 Å². The van der Waals surface area contributed by atoms with Crippen LogP contribution in [0.25, 0.3) is 0 Å². The number of carbonyl (C=O) groups is 4. The van der Waals surface area contributed by atoms with Crippen molar-refractivity contribution >= 4 is 43.5 Å². The number of anilines is 2. The third kappa shape index (κ3) is 8.18. The average molecular weight is 693 g/mol. The fourth-order valence-electron chi connectivity index (χ4n) is 5.44. The average Bonchev–Trinajstić information content (AvgIpc) is 3.38. The number of rotatable bonds is 9. The lowest BCUT2D eigenvalue weighted by Gasteiger charge is -2.44. The number of carbonyl (C=O) groups excluding carboxylic acids is 4. The number of hydrogen-bond acceptors (Lipinski definition) is 7. The van der Waals surface area contributed by atoms with Crippen LogP contribution in [-0.2, 0) is 25.4 Å². The van der Waals surface area contributed by atoms with Crippen LogP contribution in [0.5, 0.6) is 5.75 Å². The summed E-state index contributed by atoms with van der Waals surface area (Å²) in [5.74, 6) is -0.929. The number of amides is 4. The van der Waals surface area contributed by atoms with Crippen LogP contribution in [-0.4, -0.2) is 60.5 Å². The van der Waals surface area contributed by atoms with Crippen molar-refractivity contribution in [2.75, 3.05) is 10.2 Å². The molecule has 4 atom stereocenters. The third-order valence-corrected chi connectivity index (χ3v) is 14.5. The van der Waals surface area contributed by atoms with E-state index in [4.69, 9.17) is 9.16 Å². The zero-order valence-corrected chi connectivity index (χ0v) is 31.6. The number of aromatic hydroxyl groups is 1. The van der Waals surface area contributed by atoms with Gasteiger partial charge in [0.25, 0.3) is 5.91 Å². The summed E-state index contributed by atoms with van der Waals surface area (Å²) >= 11 is 0. The molecule has 266 valence electrons. The van der Waals surface area contributed by atoms with E-state index in [2.05, 4.69) is 44.5 Å². The fraction of sp³-hybridized carbons (Fsp3) is 0.514. The second-order valence-corrected chi connectivity index (χ2v) is 20.0. The summed E-state index contributed by atoms with van der Waals surface area (Å²) in [4.78, 5) is 56.4. The van der Waals surface area contributed by atoms with Crippen LogP contribution in [0.3, 0.4) is 0 Å². The van der Waals surface area contributed by atoms with E-state index in [1.54, 1.807) is 49.1 Å². The Balaban J connectivity index is 1.57. The Labute approximate surface area is 291 Å². The number of hydrogen-bond donors (Lipinski definition) is 3. The summed E-state index contributed by atoms with van der Waals surface area (Å²) in [5, 5.41) is 16.1. The van der Waals surface area contributed by atoms with Gasteiger partial charge in [-0.2, -0.15) is 0 Å². The van der Waals surface area contributed by atoms with E-state index in [0.29, 0.717) is 23.2 Å². The topological polar surface area (TPSA) is 138 Å². The van der Waals surface area contributed by atoms with E-state index in [1.165, 1.54) is 11.0 Å². The van der Waals surface area contributed by atoms with Gasteiger partial charge in [0.15, 0.2) is 14.5 Å². The SMILES string of the molecule is CC1=CN2C(=O)c3cc(C)c(O)cc3N(C(=O)OCc3ccc(NC(=O)[C@H](C)NC(=O)[C@@H](C)C(C)C)cc3)[C@@H](O[Si](C)(C)C(C)(C)C)[C@@H]2C1. The van der Waals surface area contributed by atoms with Crippen molar-refractivity contribution in [3.63, 3.8) is 0 Å². The zero-order valence-electron chi connectivity index (χ0n) is 30.6. The number of fused-ring (bicyclic) bond motifs is 2. The largest absolute Gasteiger partial charge is 0.508 e. The van der Waals surface area contributed by atoms with Gasteiger partial charge < -0.3 is 29.8 Å². The standard InChI is InChI=1S/C37H52N4O7Si/c1-21(2)24(5)32(43)38-25(6)33(44)39-27-14-12-26(13-15-27)20-47-36(46)41-29-18-31(42)23(4)17-28(29)34(45)40-19-22(3)16-30(40)35(41)48-49(10,11)37(7,8)9/h12-15,17-19,21,24-25,30,35,42H,16,20H2,1-11H3,(H,38,43)(H,39,44)/t24-,25-,30-,35-/m0/s1. The first-order chi connectivity index (χ1) is 22.7. The zero-order chi connectivity index (χ0) is 36.6. The maximum Gasteiger partial charge on any atom is 0.416 e. The van der Waals surface area contributed by atoms with Crippen LogP contribution in [0, 0.1) is 18.8 Å². The predicted octanol–water partition coefficient (Wildman–Crippen LogP) is 7.06. The molecule has 2 aliphatic heterocycles. The summed E-state index contributed by atoms with van der Waals surface area (Å²) < 4.78 is 12.9. The fourth-order valence-corrected chi connectivity index (χ4v) is 6.66. The quantitative estimate of drug-likeness (QED) is 0.239. The normalized spacial score (nSPS) is 19.0. The third-order valence-electron chi connectivity index (χ3n) is 10.0. The van der Waals surface area contributed by atoms with Gasteiger partial charge in [0.2, 0.25) is 11.8 Å². The molecule has 12 heteroatoms. The van der Waals surface area contributed by atoms with Crippen LogP contribution in [0.2, 0.25) is 18.1 Å². The number of benzene rings is 2. The Morgan fingerprint density at radius 1 is 1.02 bits per heavy atom. The molecule has 2 heterocycles. The molecule has 4 rings (SSSR count). The number of phenols is 1. The first-order valence-corrected chi connectivity index (χ1v) is 19.8. The van der Waals surface area contributed by atoms with Crippen molar-refractivity contribution < 1.29 is 33.4 Å². The summed E-state index contributed by atoms with van der Waals surface area (Å²) in [6, 6.07) is 8.68. The van der Waals surface area contributed by atoms with E-state index in [1.807, 2.05) is 33.9 Å². The van der Waals surface area contributed by atoms with Crippen LogP contribution in [0.1, 0.15) is 83.3 Å². The number of nitrogens with one attached hydrogen (secondary N) is 2. The highest BCUT2D eigenvalue weighted by atomic mass is 28.4. The molecule has 0 spiro atoms. The molecule has 2 aromatic rings. The molecule has 0 bridgehead atoms. The summed E-state index contributed by atoms with van der Waals surface area (Å²) in [5.41, 5.74) is 3.19. The van der Waals surface area contributed by atoms with E-state index in [-0.39, 0.29) is 58.2 Å². The van der Waals surface area contributed by atoms with Gasteiger partial charge in [-0.3, -0.25) is 14.4 Å². The summed E-state index contributed by atoms with van der Waals surface area (Å²) in [7, 11) is -2.52. The Kier molecular flexibility index (Phi) is 11.0. The van der Waals surface area contributed by atoms with Gasteiger partial charge in [0, 0.05) is 23.9 Å². The first-order valence-electron chi connectivity index (χ1n) is 16.9. The van der Waals surface area contributed by atoms with Crippen molar-refractivity contribution in [1.82, 2.24) is 10.2 Å². The van der Waals surface area contributed by atoms with Gasteiger partial charge >= 0.3 is 6.09 Å². The van der Waals surface area contributed by atoms with Crippen LogP contribution in [0.4, 0.5) is 16.2 Å². The highest BCUT2D eigenvalue weighted by molar-refractivity contribution is 6.74. The summed E-state index contributed by atoms with van der Waals surface area (Å²) in [6.07, 6.45) is 0.736. The Bertz CT molecular complexity index is 1630. The molecule has 49 heavy (non-hydrogen) atoms. The van der Waals surface area contributed by atoms with E-state index >= 15 is 0 Å². The van der Waals surface area contributed by atoms with Crippen molar-refractivity contribution in [3.05, 3.63) is 64.9 Å². The minimum absolute atomic E-state index is 0.0508. The molecule has 2 aliphatic rings. The molecule has 3 N–H and O–H groups in total. The van der Waals surface area contributed by atoms with Gasteiger partial charge in [0.05, 0.1) is 17.3 Å². The monoisotopic (exact) mass is 692 g/mol. The Hall–Kier alpha value is -4.16. The molecule has 0 saturated heterocycles. The second kappa shape index (κ2) is 14.4. The van der Waals surface area contributed by atoms with Crippen molar-refractivity contribution in [2.45, 2.75) is 112 Å². The minimum atomic E-state index is -2.52. The Morgan fingerprint density at radius 3 is 2.24 bits per heavy atom. The van der Waals surface area contributed by atoms with Gasteiger partial charge in [-0.25, -0.2) is 9.69 Å². The van der Waals surface area contributed by atoms with E-state index in [0.717, 1.165) is 5.57 Å². The lowest BCUT2D eigenvalue weighted by Crippen LogP contribution is -2.57. The van der Waals surface area contributed by atoms with Gasteiger partial charge in [-0.05, 0) is 80.6 Å². The van der Waals surface area contributed by atoms with Crippen molar-refractivity contribution in [2.24, 2.45) is 11.8 Å². The molecule has 0 fully saturated rings. The highest BCUT2D eigenvalue weighted by Gasteiger charge is 2.50. The van der Waals surface area contributed by atoms with Crippen molar-refractivity contribution in [1.29, 1.82) is 0 Å². The number of ether oxygens (including phenoxy) is 1. The van der Waals surface area contributed by atoms with Crippen LogP contribution in [0.15, 0.2) is 48.2 Å². The molecule has 0 aliphatic carbocycles. The minimum Gasteiger partial charge on any atom is -0.508 e. The molecule has 0 unspecified atom stereocenters. The maximum absolute atomic E-state index is 14.2. The molecule has 0 radical (unpaired) electrons. The molecular formula is C37H52N4O7Si. The molecule has 0 aromatic heterocycles. The maximum atomic E-state index is 14.2. The van der Waals surface area contributed by atoms with Gasteiger partial charge in [0.1, 0.15) is 18.4 Å². The molecule has 0 saturated carbocycles. The lowest BCUT2D eigenvalue weighted by molar-refractivity contribution is -0.129. The van der Waals surface area contributed by atoms with Crippen LogP contribution >= 0.6 is 0 Å². The smallest absolute Gasteiger partial charge is 0.416 e. The summed E-state index contributed by atoms with van der Waals surface area (Å²) in [6.45, 7) is 21.5. The van der Waals surface area contributed by atoms with E-state index in [9.17, 15) is 24.3 Å².